The minimum atomic E-state index is 0.555. The van der Waals surface area contributed by atoms with Crippen molar-refractivity contribution in [1.82, 2.24) is 4.98 Å². The average molecular weight is 330 g/mol. The predicted molar refractivity (Wildman–Crippen MR) is 92.9 cm³/mol. The van der Waals surface area contributed by atoms with E-state index < -0.39 is 0 Å². The van der Waals surface area contributed by atoms with Crippen molar-refractivity contribution in [2.45, 2.75) is 52.0 Å². The van der Waals surface area contributed by atoms with E-state index >= 15 is 0 Å². The molecule has 0 radical (unpaired) electrons. The van der Waals surface area contributed by atoms with Gasteiger partial charge in [0.2, 0.25) is 0 Å². The highest BCUT2D eigenvalue weighted by Gasteiger charge is 2.26. The molecule has 0 bridgehead atoms. The van der Waals surface area contributed by atoms with Crippen LogP contribution >= 0.6 is 23.2 Å². The second-order valence-electron chi connectivity index (χ2n) is 6.19. The molecule has 1 aliphatic rings. The van der Waals surface area contributed by atoms with Crippen molar-refractivity contribution in [3.63, 3.8) is 0 Å². The van der Waals surface area contributed by atoms with Gasteiger partial charge in [-0.15, -0.1) is 0 Å². The first kappa shape index (κ1) is 16.7. The number of rotatable bonds is 6. The SMILES string of the molecule is CNc1nc(N(CCC(C)C)C2CCCC2)c(Cl)cc1Cl. The van der Waals surface area contributed by atoms with Gasteiger partial charge in [0.25, 0.3) is 0 Å². The van der Waals surface area contributed by atoms with E-state index in [0.29, 0.717) is 27.8 Å². The van der Waals surface area contributed by atoms with E-state index in [9.17, 15) is 0 Å². The van der Waals surface area contributed by atoms with Gasteiger partial charge in [0.1, 0.15) is 11.6 Å². The highest BCUT2D eigenvalue weighted by molar-refractivity contribution is 6.37. The van der Waals surface area contributed by atoms with Crippen molar-refractivity contribution < 1.29 is 0 Å². The molecule has 0 atom stereocenters. The van der Waals surface area contributed by atoms with Crippen molar-refractivity contribution in [2.24, 2.45) is 5.92 Å². The largest absolute Gasteiger partial charge is 0.372 e. The molecule has 0 saturated heterocycles. The maximum absolute atomic E-state index is 6.43. The third-order valence-corrected chi connectivity index (χ3v) is 4.70. The van der Waals surface area contributed by atoms with Gasteiger partial charge >= 0.3 is 0 Å². The number of halogens is 2. The van der Waals surface area contributed by atoms with Crippen molar-refractivity contribution >= 4 is 34.8 Å². The minimum Gasteiger partial charge on any atom is -0.372 e. The number of nitrogens with zero attached hydrogens (tertiary/aromatic N) is 2. The minimum absolute atomic E-state index is 0.555. The first-order valence-corrected chi connectivity index (χ1v) is 8.59. The fraction of sp³-hybridized carbons (Fsp3) is 0.688. The Morgan fingerprint density at radius 2 is 1.95 bits per heavy atom. The smallest absolute Gasteiger partial charge is 0.150 e. The lowest BCUT2D eigenvalue weighted by atomic mass is 10.1. The van der Waals surface area contributed by atoms with Gasteiger partial charge in [-0.1, -0.05) is 49.9 Å². The van der Waals surface area contributed by atoms with Crippen molar-refractivity contribution in [3.8, 4) is 0 Å². The number of nitrogens with one attached hydrogen (secondary N) is 1. The van der Waals surface area contributed by atoms with E-state index in [1.54, 1.807) is 6.07 Å². The van der Waals surface area contributed by atoms with E-state index in [1.165, 1.54) is 25.7 Å². The summed E-state index contributed by atoms with van der Waals surface area (Å²) in [6.45, 7) is 5.51. The quantitative estimate of drug-likeness (QED) is 0.774. The number of pyridine rings is 1. The van der Waals surface area contributed by atoms with Crippen LogP contribution in [0, 0.1) is 5.92 Å². The Labute approximate surface area is 138 Å². The van der Waals surface area contributed by atoms with Gasteiger partial charge in [0.05, 0.1) is 10.0 Å². The lowest BCUT2D eigenvalue weighted by Crippen LogP contribution is -2.35. The van der Waals surface area contributed by atoms with Crippen LogP contribution in [0.2, 0.25) is 10.0 Å². The number of anilines is 2. The predicted octanol–water partition coefficient (Wildman–Crippen LogP) is 5.23. The Kier molecular flexibility index (Phi) is 6.00. The lowest BCUT2D eigenvalue weighted by molar-refractivity contribution is 0.525. The summed E-state index contributed by atoms with van der Waals surface area (Å²) in [5.41, 5.74) is 0. The second-order valence-corrected chi connectivity index (χ2v) is 7.00. The van der Waals surface area contributed by atoms with Crippen LogP contribution in [0.15, 0.2) is 6.07 Å². The molecule has 0 aliphatic heterocycles. The van der Waals surface area contributed by atoms with Gasteiger partial charge in [0, 0.05) is 19.6 Å². The van der Waals surface area contributed by atoms with E-state index in [0.717, 1.165) is 18.8 Å². The highest BCUT2D eigenvalue weighted by atomic mass is 35.5. The fourth-order valence-electron chi connectivity index (χ4n) is 2.91. The summed E-state index contributed by atoms with van der Waals surface area (Å²) in [5, 5.41) is 4.26. The van der Waals surface area contributed by atoms with Crippen LogP contribution < -0.4 is 10.2 Å². The van der Waals surface area contributed by atoms with Gasteiger partial charge < -0.3 is 10.2 Å². The Hall–Kier alpha value is -0.670. The Morgan fingerprint density at radius 1 is 1.29 bits per heavy atom. The van der Waals surface area contributed by atoms with E-state index in [1.807, 2.05) is 7.05 Å². The molecule has 1 saturated carbocycles. The maximum atomic E-state index is 6.43. The molecular weight excluding hydrogens is 305 g/mol. The molecule has 1 N–H and O–H groups in total. The molecule has 118 valence electrons. The molecule has 0 aromatic carbocycles. The standard InChI is InChI=1S/C16H25Cl2N3/c1-11(2)8-9-21(12-6-4-5-7-12)16-14(18)10-13(17)15(19-3)20-16/h10-12H,4-9H2,1-3H3,(H,19,20). The fourth-order valence-corrected chi connectivity index (χ4v) is 3.47. The normalized spacial score (nSPS) is 15.7. The zero-order chi connectivity index (χ0) is 15.4. The summed E-state index contributed by atoms with van der Waals surface area (Å²) in [7, 11) is 1.83. The first-order valence-electron chi connectivity index (χ1n) is 7.83. The van der Waals surface area contributed by atoms with Crippen LogP contribution in [0.5, 0.6) is 0 Å². The molecule has 1 fully saturated rings. The third kappa shape index (κ3) is 4.17. The molecule has 21 heavy (non-hydrogen) atoms. The third-order valence-electron chi connectivity index (χ3n) is 4.13. The second kappa shape index (κ2) is 7.55. The van der Waals surface area contributed by atoms with E-state index in [4.69, 9.17) is 23.2 Å². The summed E-state index contributed by atoms with van der Waals surface area (Å²) >= 11 is 12.6. The Morgan fingerprint density at radius 3 is 2.52 bits per heavy atom. The lowest BCUT2D eigenvalue weighted by Gasteiger charge is -2.32. The topological polar surface area (TPSA) is 28.2 Å². The summed E-state index contributed by atoms with van der Waals surface area (Å²) in [6.07, 6.45) is 6.20. The summed E-state index contributed by atoms with van der Waals surface area (Å²) < 4.78 is 0. The van der Waals surface area contributed by atoms with Crippen LogP contribution in [0.3, 0.4) is 0 Å². The molecule has 2 rings (SSSR count). The molecule has 0 amide bonds. The van der Waals surface area contributed by atoms with Crippen LogP contribution in [0.25, 0.3) is 0 Å². The molecular formula is C16H25Cl2N3. The van der Waals surface area contributed by atoms with Gasteiger partial charge in [-0.25, -0.2) is 4.98 Å². The van der Waals surface area contributed by atoms with Crippen LogP contribution in [0.4, 0.5) is 11.6 Å². The number of hydrogen-bond acceptors (Lipinski definition) is 3. The van der Waals surface area contributed by atoms with E-state index in [2.05, 4.69) is 29.0 Å². The first-order chi connectivity index (χ1) is 10.0. The molecule has 0 unspecified atom stereocenters. The van der Waals surface area contributed by atoms with Crippen molar-refractivity contribution in [3.05, 3.63) is 16.1 Å². The molecule has 1 aliphatic carbocycles. The molecule has 3 nitrogen and oxygen atoms in total. The monoisotopic (exact) mass is 329 g/mol. The average Bonchev–Trinajstić information content (AvgIpc) is 2.94. The summed E-state index contributed by atoms with van der Waals surface area (Å²) in [6, 6.07) is 2.36. The van der Waals surface area contributed by atoms with Gasteiger partial charge in [0.15, 0.2) is 0 Å². The summed E-state index contributed by atoms with van der Waals surface area (Å²) in [5.74, 6) is 2.24. The maximum Gasteiger partial charge on any atom is 0.150 e. The van der Waals surface area contributed by atoms with Gasteiger partial charge in [-0.3, -0.25) is 0 Å². The van der Waals surface area contributed by atoms with Crippen molar-refractivity contribution in [2.75, 3.05) is 23.8 Å². The van der Waals surface area contributed by atoms with Crippen LogP contribution in [-0.4, -0.2) is 24.6 Å². The van der Waals surface area contributed by atoms with E-state index in [-0.39, 0.29) is 0 Å². The zero-order valence-electron chi connectivity index (χ0n) is 13.1. The van der Waals surface area contributed by atoms with Gasteiger partial charge in [-0.05, 0) is 31.2 Å². The molecule has 1 heterocycles. The molecule has 5 heteroatoms. The van der Waals surface area contributed by atoms with Crippen molar-refractivity contribution in [1.29, 1.82) is 0 Å². The highest BCUT2D eigenvalue weighted by Crippen LogP contribution is 2.35. The van der Waals surface area contributed by atoms with Crippen LogP contribution in [0.1, 0.15) is 46.0 Å². The summed E-state index contributed by atoms with van der Waals surface area (Å²) in [4.78, 5) is 7.06. The number of aromatic nitrogens is 1. The van der Waals surface area contributed by atoms with Crippen LogP contribution in [-0.2, 0) is 0 Å². The number of hydrogen-bond donors (Lipinski definition) is 1. The molecule has 0 spiro atoms. The zero-order valence-corrected chi connectivity index (χ0v) is 14.6. The molecule has 1 aromatic rings. The Bertz CT molecular complexity index is 471. The molecule has 1 aromatic heterocycles. The van der Waals surface area contributed by atoms with Gasteiger partial charge in [-0.2, -0.15) is 0 Å². The Balaban J connectivity index is 2.30.